The molecule has 6 nitrogen and oxygen atoms in total. The summed E-state index contributed by atoms with van der Waals surface area (Å²) in [7, 11) is 0. The predicted molar refractivity (Wildman–Crippen MR) is 92.9 cm³/mol. The summed E-state index contributed by atoms with van der Waals surface area (Å²) in [5, 5.41) is 11.5. The Balaban J connectivity index is 1.98. The third-order valence-corrected chi connectivity index (χ3v) is 3.77. The highest BCUT2D eigenvalue weighted by molar-refractivity contribution is 5.84. The molecule has 0 saturated carbocycles. The Morgan fingerprint density at radius 3 is 2.52 bits per heavy atom. The molecule has 2 N–H and O–H groups in total. The fourth-order valence-electron chi connectivity index (χ4n) is 2.37. The van der Waals surface area contributed by atoms with Gasteiger partial charge in [-0.15, -0.1) is 0 Å². The summed E-state index contributed by atoms with van der Waals surface area (Å²) < 4.78 is 10.9. The molecule has 25 heavy (non-hydrogen) atoms. The van der Waals surface area contributed by atoms with Gasteiger partial charge in [-0.25, -0.2) is 4.79 Å². The van der Waals surface area contributed by atoms with Gasteiger partial charge >= 0.3 is 5.97 Å². The lowest BCUT2D eigenvalue weighted by Gasteiger charge is -2.19. The summed E-state index contributed by atoms with van der Waals surface area (Å²) >= 11 is 0. The first-order chi connectivity index (χ1) is 11.8. The van der Waals surface area contributed by atoms with Crippen LogP contribution in [0.15, 0.2) is 34.7 Å². The van der Waals surface area contributed by atoms with Crippen molar-refractivity contribution in [2.75, 3.05) is 0 Å². The lowest BCUT2D eigenvalue weighted by atomic mass is 10.0. The molecule has 0 spiro atoms. The van der Waals surface area contributed by atoms with Gasteiger partial charge in [-0.2, -0.15) is 0 Å². The lowest BCUT2D eigenvalue weighted by Crippen LogP contribution is -2.36. The highest BCUT2D eigenvalue weighted by Gasteiger charge is 2.18. The summed E-state index contributed by atoms with van der Waals surface area (Å²) in [5.41, 5.74) is 2.10. The first-order valence-corrected chi connectivity index (χ1v) is 8.15. The highest BCUT2D eigenvalue weighted by atomic mass is 16.5. The smallest absolute Gasteiger partial charge is 0.371 e. The van der Waals surface area contributed by atoms with E-state index in [1.54, 1.807) is 6.92 Å². The van der Waals surface area contributed by atoms with Crippen molar-refractivity contribution in [3.63, 3.8) is 0 Å². The van der Waals surface area contributed by atoms with Gasteiger partial charge in [0.05, 0.1) is 6.54 Å². The van der Waals surface area contributed by atoms with E-state index < -0.39 is 12.1 Å². The molecule has 0 fully saturated rings. The third-order valence-electron chi connectivity index (χ3n) is 3.77. The minimum Gasteiger partial charge on any atom is -0.481 e. The van der Waals surface area contributed by atoms with Gasteiger partial charge in [0.15, 0.2) is 6.10 Å². The van der Waals surface area contributed by atoms with E-state index in [2.05, 4.69) is 19.2 Å². The van der Waals surface area contributed by atoms with Gasteiger partial charge in [0.2, 0.25) is 5.76 Å². The molecule has 0 bridgehead atoms. The first-order valence-electron chi connectivity index (χ1n) is 8.15. The van der Waals surface area contributed by atoms with Crippen LogP contribution >= 0.6 is 0 Å². The number of amides is 1. The molecular weight excluding hydrogens is 322 g/mol. The first kappa shape index (κ1) is 18.6. The van der Waals surface area contributed by atoms with E-state index in [0.29, 0.717) is 11.5 Å². The molecule has 0 aliphatic carbocycles. The molecular formula is C19H23NO5. The van der Waals surface area contributed by atoms with Crippen molar-refractivity contribution in [1.29, 1.82) is 0 Å². The summed E-state index contributed by atoms with van der Waals surface area (Å²) in [6.45, 7) is 7.88. The van der Waals surface area contributed by atoms with Crippen LogP contribution in [0.3, 0.4) is 0 Å². The van der Waals surface area contributed by atoms with Crippen molar-refractivity contribution in [3.05, 3.63) is 53.0 Å². The van der Waals surface area contributed by atoms with E-state index in [4.69, 9.17) is 14.3 Å². The number of carbonyl (C=O) groups is 2. The fraction of sp³-hybridized carbons (Fsp3) is 0.368. The second kappa shape index (κ2) is 7.88. The van der Waals surface area contributed by atoms with Crippen LogP contribution in [0.4, 0.5) is 0 Å². The normalized spacial score (nSPS) is 12.0. The van der Waals surface area contributed by atoms with Crippen LogP contribution in [0.2, 0.25) is 0 Å². The Hall–Kier alpha value is -2.76. The molecule has 6 heteroatoms. The minimum atomic E-state index is -1.14. The molecule has 0 saturated heterocycles. The summed E-state index contributed by atoms with van der Waals surface area (Å²) in [6.07, 6.45) is -0.687. The van der Waals surface area contributed by atoms with Crippen molar-refractivity contribution in [1.82, 2.24) is 5.32 Å². The molecule has 2 rings (SSSR count). The molecule has 2 aromatic rings. The molecule has 1 amide bonds. The molecule has 1 aromatic carbocycles. The maximum Gasteiger partial charge on any atom is 0.371 e. The number of aryl methyl sites for hydroxylation is 1. The second-order valence-electron chi connectivity index (χ2n) is 6.24. The van der Waals surface area contributed by atoms with Gasteiger partial charge in [-0.05, 0) is 49.1 Å². The fourth-order valence-corrected chi connectivity index (χ4v) is 2.37. The van der Waals surface area contributed by atoms with Gasteiger partial charge in [0.1, 0.15) is 11.5 Å². The van der Waals surface area contributed by atoms with Gasteiger partial charge in [0, 0.05) is 0 Å². The number of aromatic carboxylic acids is 1. The zero-order valence-corrected chi connectivity index (χ0v) is 14.8. The second-order valence-corrected chi connectivity index (χ2v) is 6.24. The van der Waals surface area contributed by atoms with Crippen LogP contribution in [0.25, 0.3) is 0 Å². The minimum absolute atomic E-state index is 0.102. The highest BCUT2D eigenvalue weighted by Crippen LogP contribution is 2.28. The van der Waals surface area contributed by atoms with Crippen molar-refractivity contribution < 1.29 is 23.8 Å². The van der Waals surface area contributed by atoms with Gasteiger partial charge in [-0.1, -0.05) is 26.0 Å². The number of carbonyl (C=O) groups excluding carboxylic acids is 1. The molecule has 0 aliphatic rings. The summed E-state index contributed by atoms with van der Waals surface area (Å²) in [6, 6.07) is 8.82. The van der Waals surface area contributed by atoms with Crippen LogP contribution < -0.4 is 10.1 Å². The number of furan rings is 1. The molecule has 0 radical (unpaired) electrons. The zero-order chi connectivity index (χ0) is 18.6. The maximum atomic E-state index is 12.2. The number of carboxylic acid groups (broad SMARTS) is 1. The van der Waals surface area contributed by atoms with Crippen LogP contribution in [0.1, 0.15) is 54.1 Å². The Morgan fingerprint density at radius 2 is 1.92 bits per heavy atom. The van der Waals surface area contributed by atoms with E-state index in [1.807, 2.05) is 25.1 Å². The van der Waals surface area contributed by atoms with Crippen LogP contribution in [0.5, 0.6) is 5.75 Å². The Kier molecular flexibility index (Phi) is 5.85. The number of benzene rings is 1. The van der Waals surface area contributed by atoms with E-state index in [9.17, 15) is 9.59 Å². The van der Waals surface area contributed by atoms with Crippen LogP contribution in [-0.2, 0) is 11.3 Å². The van der Waals surface area contributed by atoms with Gasteiger partial charge < -0.3 is 19.6 Å². The topological polar surface area (TPSA) is 88.8 Å². The zero-order valence-electron chi connectivity index (χ0n) is 14.8. The number of hydrogen-bond acceptors (Lipinski definition) is 4. The quantitative estimate of drug-likeness (QED) is 0.802. The molecule has 134 valence electrons. The molecule has 1 unspecified atom stereocenters. The largest absolute Gasteiger partial charge is 0.481 e. The van der Waals surface area contributed by atoms with E-state index in [-0.39, 0.29) is 24.1 Å². The molecule has 1 heterocycles. The Bertz CT molecular complexity index is 763. The third kappa shape index (κ3) is 4.86. The summed E-state index contributed by atoms with van der Waals surface area (Å²) in [5.74, 6) is -0.252. The average Bonchev–Trinajstić information content (AvgIpc) is 3.01. The van der Waals surface area contributed by atoms with Gasteiger partial charge in [0.25, 0.3) is 5.91 Å². The van der Waals surface area contributed by atoms with Crippen molar-refractivity contribution in [2.24, 2.45) is 0 Å². The number of rotatable bonds is 7. The molecule has 1 aromatic heterocycles. The van der Waals surface area contributed by atoms with Gasteiger partial charge in [-0.3, -0.25) is 4.79 Å². The maximum absolute atomic E-state index is 12.2. The standard InChI is InChI=1S/C19H23NO5/c1-11(2)15-7-5-12(3)9-17(15)24-13(4)18(21)20-10-14-6-8-16(25-14)19(22)23/h5-9,11,13H,10H2,1-4H3,(H,20,21)(H,22,23). The van der Waals surface area contributed by atoms with Crippen molar-refractivity contribution in [2.45, 2.75) is 46.3 Å². The van der Waals surface area contributed by atoms with Crippen molar-refractivity contribution >= 4 is 11.9 Å². The van der Waals surface area contributed by atoms with E-state index in [1.165, 1.54) is 12.1 Å². The molecule has 0 aliphatic heterocycles. The monoisotopic (exact) mass is 345 g/mol. The van der Waals surface area contributed by atoms with E-state index >= 15 is 0 Å². The number of carboxylic acids is 1. The number of nitrogens with one attached hydrogen (secondary N) is 1. The van der Waals surface area contributed by atoms with Crippen LogP contribution in [-0.4, -0.2) is 23.1 Å². The Labute approximate surface area is 146 Å². The number of ether oxygens (including phenoxy) is 1. The van der Waals surface area contributed by atoms with E-state index in [0.717, 1.165) is 11.1 Å². The lowest BCUT2D eigenvalue weighted by molar-refractivity contribution is -0.127. The number of hydrogen-bond donors (Lipinski definition) is 2. The Morgan fingerprint density at radius 1 is 1.20 bits per heavy atom. The van der Waals surface area contributed by atoms with Crippen LogP contribution in [0, 0.1) is 6.92 Å². The predicted octanol–water partition coefficient (Wildman–Crippen LogP) is 3.49. The molecule has 1 atom stereocenters. The van der Waals surface area contributed by atoms with Crippen molar-refractivity contribution in [3.8, 4) is 5.75 Å². The summed E-state index contributed by atoms with van der Waals surface area (Å²) in [4.78, 5) is 23.0. The SMILES string of the molecule is Cc1ccc(C(C)C)c(OC(C)C(=O)NCc2ccc(C(=O)O)o2)c1. The average molecular weight is 345 g/mol.